The van der Waals surface area contributed by atoms with Gasteiger partial charge in [0.25, 0.3) is 5.91 Å². The highest BCUT2D eigenvalue weighted by Gasteiger charge is 2.15. The van der Waals surface area contributed by atoms with E-state index in [2.05, 4.69) is 14.9 Å². The molecule has 2 rings (SSSR count). The lowest BCUT2D eigenvalue weighted by atomic mass is 10.3. The van der Waals surface area contributed by atoms with Crippen LogP contribution in [0.15, 0.2) is 18.2 Å². The number of benzene rings is 1. The zero-order valence-corrected chi connectivity index (χ0v) is 12.7. The van der Waals surface area contributed by atoms with Crippen molar-refractivity contribution in [2.24, 2.45) is 5.73 Å². The van der Waals surface area contributed by atoms with Crippen molar-refractivity contribution >= 4 is 16.9 Å². The van der Waals surface area contributed by atoms with Crippen LogP contribution in [0, 0.1) is 0 Å². The molecule has 1 amide bonds. The second kappa shape index (κ2) is 6.58. The molecule has 2 aromatic rings. The molecule has 0 bridgehead atoms. The van der Waals surface area contributed by atoms with E-state index in [9.17, 15) is 4.79 Å². The Bertz CT molecular complexity index is 636. The second-order valence-corrected chi connectivity index (χ2v) is 4.78. The second-order valence-electron chi connectivity index (χ2n) is 4.78. The van der Waals surface area contributed by atoms with E-state index < -0.39 is 6.10 Å². The average molecular weight is 290 g/mol. The molecule has 1 heterocycles. The monoisotopic (exact) mass is 290 g/mol. The lowest BCUT2D eigenvalue weighted by Crippen LogP contribution is -2.36. The topological polar surface area (TPSA) is 82.2 Å². The van der Waals surface area contributed by atoms with E-state index in [-0.39, 0.29) is 5.91 Å². The van der Waals surface area contributed by atoms with Gasteiger partial charge in [-0.25, -0.2) is 4.98 Å². The predicted molar refractivity (Wildman–Crippen MR) is 82.1 cm³/mol. The number of aryl methyl sites for hydroxylation is 1. The Kier molecular flexibility index (Phi) is 4.80. The lowest BCUT2D eigenvalue weighted by molar-refractivity contribution is -0.127. The van der Waals surface area contributed by atoms with Gasteiger partial charge >= 0.3 is 0 Å². The minimum Gasteiger partial charge on any atom is -0.481 e. The molecule has 0 aliphatic heterocycles. The van der Waals surface area contributed by atoms with Crippen molar-refractivity contribution < 1.29 is 9.53 Å². The van der Waals surface area contributed by atoms with Crippen LogP contribution in [0.5, 0.6) is 5.75 Å². The Morgan fingerprint density at radius 2 is 2.24 bits per heavy atom. The van der Waals surface area contributed by atoms with E-state index in [0.717, 1.165) is 23.4 Å². The van der Waals surface area contributed by atoms with Crippen molar-refractivity contribution in [2.45, 2.75) is 40.0 Å². The molecular formula is C15H22N4O2. The predicted octanol–water partition coefficient (Wildman–Crippen LogP) is 1.42. The number of ether oxygens (including phenoxy) is 1. The van der Waals surface area contributed by atoms with Gasteiger partial charge in [-0.15, -0.1) is 0 Å². The largest absolute Gasteiger partial charge is 0.481 e. The number of rotatable bonds is 6. The summed E-state index contributed by atoms with van der Waals surface area (Å²) in [4.78, 5) is 16.2. The van der Waals surface area contributed by atoms with Crippen LogP contribution >= 0.6 is 0 Å². The van der Waals surface area contributed by atoms with Gasteiger partial charge in [0, 0.05) is 19.2 Å². The molecule has 0 unspecified atom stereocenters. The molecule has 6 nitrogen and oxygen atoms in total. The lowest BCUT2D eigenvalue weighted by Gasteiger charge is -2.14. The number of imidazole rings is 1. The summed E-state index contributed by atoms with van der Waals surface area (Å²) in [6, 6.07) is 5.62. The molecule has 0 aliphatic rings. The third-order valence-electron chi connectivity index (χ3n) is 3.33. The molecule has 0 radical (unpaired) electrons. The fourth-order valence-electron chi connectivity index (χ4n) is 2.31. The fourth-order valence-corrected chi connectivity index (χ4v) is 2.31. The van der Waals surface area contributed by atoms with Gasteiger partial charge < -0.3 is 20.4 Å². The van der Waals surface area contributed by atoms with Crippen molar-refractivity contribution in [1.29, 1.82) is 0 Å². The van der Waals surface area contributed by atoms with Gasteiger partial charge in [-0.3, -0.25) is 4.79 Å². The first kappa shape index (κ1) is 15.3. The normalized spacial score (nSPS) is 12.4. The van der Waals surface area contributed by atoms with E-state index in [4.69, 9.17) is 10.5 Å². The Labute approximate surface area is 124 Å². The molecule has 1 atom stereocenters. The number of carbonyl (C=O) groups excluding carboxylic acids is 1. The smallest absolute Gasteiger partial charge is 0.260 e. The molecule has 0 fully saturated rings. The van der Waals surface area contributed by atoms with E-state index in [1.54, 1.807) is 6.92 Å². The average Bonchev–Trinajstić information content (AvgIpc) is 2.84. The summed E-state index contributed by atoms with van der Waals surface area (Å²) in [6.45, 7) is 7.44. The molecule has 1 aromatic carbocycles. The summed E-state index contributed by atoms with van der Waals surface area (Å²) in [5, 5.41) is 2.74. The van der Waals surface area contributed by atoms with Crippen molar-refractivity contribution in [3.63, 3.8) is 0 Å². The highest BCUT2D eigenvalue weighted by Crippen LogP contribution is 2.23. The summed E-state index contributed by atoms with van der Waals surface area (Å²) in [7, 11) is 0. The van der Waals surface area contributed by atoms with Crippen LogP contribution in [-0.4, -0.2) is 28.1 Å². The van der Waals surface area contributed by atoms with Gasteiger partial charge in [-0.2, -0.15) is 0 Å². The maximum Gasteiger partial charge on any atom is 0.260 e. The Hall–Kier alpha value is -2.08. The van der Waals surface area contributed by atoms with Crippen LogP contribution in [0.3, 0.4) is 0 Å². The van der Waals surface area contributed by atoms with Gasteiger partial charge in [-0.1, -0.05) is 0 Å². The van der Waals surface area contributed by atoms with Crippen molar-refractivity contribution in [3.05, 3.63) is 24.0 Å². The Morgan fingerprint density at radius 3 is 2.86 bits per heavy atom. The molecule has 0 spiro atoms. The molecule has 1 aromatic heterocycles. The summed E-state index contributed by atoms with van der Waals surface area (Å²) in [5.41, 5.74) is 7.57. The van der Waals surface area contributed by atoms with E-state index in [1.165, 1.54) is 0 Å². The number of likely N-dealkylation sites (N-methyl/N-ethyl adjacent to an activating group) is 1. The molecule has 114 valence electrons. The number of hydrogen-bond donors (Lipinski definition) is 2. The quantitative estimate of drug-likeness (QED) is 0.843. The number of fused-ring (bicyclic) bond motifs is 1. The number of aromatic nitrogens is 2. The SMILES string of the molecule is CCNC(=O)[C@@H](C)Oc1ccc2nc(CN)n(CC)c2c1. The molecule has 0 saturated carbocycles. The zero-order chi connectivity index (χ0) is 15.4. The fraction of sp³-hybridized carbons (Fsp3) is 0.467. The number of nitrogens with zero attached hydrogens (tertiary/aromatic N) is 2. The summed E-state index contributed by atoms with van der Waals surface area (Å²) in [6.07, 6.45) is -0.533. The molecule has 6 heteroatoms. The molecule has 0 aliphatic carbocycles. The summed E-state index contributed by atoms with van der Waals surface area (Å²) in [5.74, 6) is 1.38. The van der Waals surface area contributed by atoms with Gasteiger partial charge in [0.2, 0.25) is 0 Å². The molecular weight excluding hydrogens is 268 g/mol. The molecule has 21 heavy (non-hydrogen) atoms. The molecule has 3 N–H and O–H groups in total. The highest BCUT2D eigenvalue weighted by molar-refractivity contribution is 5.81. The Morgan fingerprint density at radius 1 is 1.48 bits per heavy atom. The molecule has 0 saturated heterocycles. The first-order valence-electron chi connectivity index (χ1n) is 7.24. The van der Waals surface area contributed by atoms with Crippen LogP contribution < -0.4 is 15.8 Å². The maximum atomic E-state index is 11.7. The van der Waals surface area contributed by atoms with Crippen molar-refractivity contribution in [3.8, 4) is 5.75 Å². The third kappa shape index (κ3) is 3.16. The minimum atomic E-state index is -0.533. The van der Waals surface area contributed by atoms with Crippen molar-refractivity contribution in [1.82, 2.24) is 14.9 Å². The van der Waals surface area contributed by atoms with Crippen LogP contribution in [0.25, 0.3) is 11.0 Å². The zero-order valence-electron chi connectivity index (χ0n) is 12.7. The van der Waals surface area contributed by atoms with Crippen molar-refractivity contribution in [2.75, 3.05) is 6.54 Å². The number of nitrogens with one attached hydrogen (secondary N) is 1. The summed E-state index contributed by atoms with van der Waals surface area (Å²) >= 11 is 0. The highest BCUT2D eigenvalue weighted by atomic mass is 16.5. The van der Waals surface area contributed by atoms with Crippen LogP contribution in [0.2, 0.25) is 0 Å². The van der Waals surface area contributed by atoms with E-state index >= 15 is 0 Å². The third-order valence-corrected chi connectivity index (χ3v) is 3.33. The number of hydrogen-bond acceptors (Lipinski definition) is 4. The van der Waals surface area contributed by atoms with Gasteiger partial charge in [0.15, 0.2) is 6.10 Å². The first-order valence-corrected chi connectivity index (χ1v) is 7.24. The van der Waals surface area contributed by atoms with Crippen LogP contribution in [0.4, 0.5) is 0 Å². The number of amides is 1. The van der Waals surface area contributed by atoms with Gasteiger partial charge in [0.05, 0.1) is 17.6 Å². The van der Waals surface area contributed by atoms with Crippen LogP contribution in [-0.2, 0) is 17.9 Å². The summed E-state index contributed by atoms with van der Waals surface area (Å²) < 4.78 is 7.75. The van der Waals surface area contributed by atoms with Gasteiger partial charge in [0.1, 0.15) is 11.6 Å². The standard InChI is InChI=1S/C15H22N4O2/c1-4-17-15(20)10(3)21-11-6-7-12-13(8-11)19(5-2)14(9-16)18-12/h6-8,10H,4-5,9,16H2,1-3H3,(H,17,20)/t10-/m1/s1. The first-order chi connectivity index (χ1) is 10.1. The minimum absolute atomic E-state index is 0.121. The van der Waals surface area contributed by atoms with E-state index in [0.29, 0.717) is 18.8 Å². The number of nitrogens with two attached hydrogens (primary N) is 1. The number of carbonyl (C=O) groups is 1. The van der Waals surface area contributed by atoms with E-state index in [1.807, 2.05) is 32.0 Å². The van der Waals surface area contributed by atoms with Crippen LogP contribution in [0.1, 0.15) is 26.6 Å². The maximum absolute atomic E-state index is 11.7. The Balaban J connectivity index is 2.28. The van der Waals surface area contributed by atoms with Gasteiger partial charge in [-0.05, 0) is 32.9 Å².